The van der Waals surface area contributed by atoms with Crippen molar-refractivity contribution in [1.82, 2.24) is 0 Å². The Bertz CT molecular complexity index is 657. The van der Waals surface area contributed by atoms with Gasteiger partial charge in [0.05, 0.1) is 0 Å². The molecule has 0 aromatic heterocycles. The second kappa shape index (κ2) is 6.15. The Morgan fingerprint density at radius 2 is 1.95 bits per heavy atom. The van der Waals surface area contributed by atoms with Gasteiger partial charge in [0.15, 0.2) is 5.84 Å². The summed E-state index contributed by atoms with van der Waals surface area (Å²) in [5.74, 6) is 0.384. The van der Waals surface area contributed by atoms with Crippen LogP contribution in [0.5, 0.6) is 0 Å². The van der Waals surface area contributed by atoms with Crippen LogP contribution in [0.15, 0.2) is 52.7 Å². The first-order valence-corrected chi connectivity index (χ1v) is 6.65. The molecule has 0 amide bonds. The Morgan fingerprint density at radius 3 is 2.65 bits per heavy atom. The maximum atomic E-state index is 5.96. The van der Waals surface area contributed by atoms with Crippen LogP contribution in [0.2, 0.25) is 0 Å². The van der Waals surface area contributed by atoms with Gasteiger partial charge in [0.1, 0.15) is 0 Å². The molecule has 3 heteroatoms. The van der Waals surface area contributed by atoms with Crippen molar-refractivity contribution in [2.24, 2.45) is 15.9 Å². The van der Waals surface area contributed by atoms with Crippen molar-refractivity contribution < 1.29 is 0 Å². The smallest absolute Gasteiger partial charge is 0.153 e. The van der Waals surface area contributed by atoms with Crippen molar-refractivity contribution in [2.45, 2.75) is 20.3 Å². The molecule has 0 aliphatic rings. The zero-order chi connectivity index (χ0) is 14.5. The summed E-state index contributed by atoms with van der Waals surface area (Å²) in [5.41, 5.74) is 11.7. The predicted molar refractivity (Wildman–Crippen MR) is 86.3 cm³/mol. The largest absolute Gasteiger partial charge is 0.382 e. The third-order valence-electron chi connectivity index (χ3n) is 3.42. The van der Waals surface area contributed by atoms with Gasteiger partial charge in [-0.3, -0.25) is 0 Å². The number of hydrogen-bond acceptors (Lipinski definition) is 2. The van der Waals surface area contributed by atoms with Crippen molar-refractivity contribution in [3.05, 3.63) is 59.2 Å². The summed E-state index contributed by atoms with van der Waals surface area (Å²) in [5, 5.41) is 7.36. The molecular formula is C17H19N3. The summed E-state index contributed by atoms with van der Waals surface area (Å²) < 4.78 is 0. The van der Waals surface area contributed by atoms with Gasteiger partial charge in [0.25, 0.3) is 0 Å². The molecule has 102 valence electrons. The van der Waals surface area contributed by atoms with Gasteiger partial charge < -0.3 is 5.73 Å². The minimum atomic E-state index is 0.384. The van der Waals surface area contributed by atoms with Crippen molar-refractivity contribution >= 4 is 12.6 Å². The van der Waals surface area contributed by atoms with Crippen LogP contribution in [0.1, 0.15) is 23.6 Å². The predicted octanol–water partition coefficient (Wildman–Crippen LogP) is 3.55. The number of aryl methyl sites for hydroxylation is 2. The van der Waals surface area contributed by atoms with Crippen LogP contribution in [0.25, 0.3) is 11.1 Å². The monoisotopic (exact) mass is 265 g/mol. The second-order valence-corrected chi connectivity index (χ2v) is 4.67. The van der Waals surface area contributed by atoms with Crippen LogP contribution in [-0.4, -0.2) is 12.6 Å². The minimum Gasteiger partial charge on any atom is -0.382 e. The lowest BCUT2D eigenvalue weighted by atomic mass is 9.95. The Balaban J connectivity index is 2.58. The average molecular weight is 265 g/mol. The van der Waals surface area contributed by atoms with Crippen LogP contribution in [0, 0.1) is 6.92 Å². The second-order valence-electron chi connectivity index (χ2n) is 4.67. The number of amidine groups is 1. The summed E-state index contributed by atoms with van der Waals surface area (Å²) in [7, 11) is 0. The van der Waals surface area contributed by atoms with Crippen LogP contribution >= 0.6 is 0 Å². The van der Waals surface area contributed by atoms with Gasteiger partial charge in [0.2, 0.25) is 0 Å². The summed E-state index contributed by atoms with van der Waals surface area (Å²) in [6, 6.07) is 14.4. The van der Waals surface area contributed by atoms with E-state index >= 15 is 0 Å². The molecular weight excluding hydrogens is 246 g/mol. The number of benzene rings is 2. The standard InChI is InChI=1S/C17H19N3/c1-4-13-11-14(10-9-12(13)2)15-7-5-6-8-16(15)17(18)20-19-3/h5-11H,3-4H2,1-2H3,(H2,18,20). The molecule has 0 aliphatic heterocycles. The van der Waals surface area contributed by atoms with E-state index in [9.17, 15) is 0 Å². The number of rotatable bonds is 4. The zero-order valence-electron chi connectivity index (χ0n) is 11.9. The van der Waals surface area contributed by atoms with E-state index < -0.39 is 0 Å². The molecule has 0 saturated heterocycles. The molecule has 0 atom stereocenters. The maximum absolute atomic E-state index is 5.96. The molecule has 2 aromatic carbocycles. The first kappa shape index (κ1) is 14.0. The van der Waals surface area contributed by atoms with Gasteiger partial charge in [-0.15, -0.1) is 5.10 Å². The lowest BCUT2D eigenvalue weighted by Crippen LogP contribution is -2.14. The fourth-order valence-electron chi connectivity index (χ4n) is 2.31. The SMILES string of the molecule is C=N/N=C(\N)c1ccccc1-c1ccc(C)c(CC)c1. The minimum absolute atomic E-state index is 0.384. The van der Waals surface area contributed by atoms with E-state index in [1.54, 1.807) is 0 Å². The fraction of sp³-hybridized carbons (Fsp3) is 0.176. The van der Waals surface area contributed by atoms with Gasteiger partial charge in [-0.05, 0) is 35.6 Å². The Labute approximate surface area is 119 Å². The van der Waals surface area contributed by atoms with Gasteiger partial charge in [-0.1, -0.05) is 49.4 Å². The van der Waals surface area contributed by atoms with Crippen molar-refractivity contribution in [2.75, 3.05) is 0 Å². The molecule has 0 unspecified atom stereocenters. The molecule has 0 saturated carbocycles. The van der Waals surface area contributed by atoms with Crippen LogP contribution < -0.4 is 5.73 Å². The molecule has 2 aromatic rings. The van der Waals surface area contributed by atoms with E-state index in [-0.39, 0.29) is 0 Å². The molecule has 2 N–H and O–H groups in total. The van der Waals surface area contributed by atoms with Gasteiger partial charge in [0, 0.05) is 12.3 Å². The quantitative estimate of drug-likeness (QED) is 0.513. The van der Waals surface area contributed by atoms with E-state index in [1.165, 1.54) is 11.1 Å². The number of nitrogens with two attached hydrogens (primary N) is 1. The van der Waals surface area contributed by atoms with E-state index in [0.717, 1.165) is 23.1 Å². The highest BCUT2D eigenvalue weighted by atomic mass is 15.2. The van der Waals surface area contributed by atoms with Crippen LogP contribution in [0.3, 0.4) is 0 Å². The van der Waals surface area contributed by atoms with E-state index in [2.05, 4.69) is 49.0 Å². The number of nitrogens with zero attached hydrogens (tertiary/aromatic N) is 2. The highest BCUT2D eigenvalue weighted by molar-refractivity contribution is 6.03. The normalized spacial score (nSPS) is 11.4. The molecule has 0 heterocycles. The average Bonchev–Trinajstić information content (AvgIpc) is 2.48. The van der Waals surface area contributed by atoms with Crippen LogP contribution in [-0.2, 0) is 6.42 Å². The van der Waals surface area contributed by atoms with E-state index in [0.29, 0.717) is 5.84 Å². The topological polar surface area (TPSA) is 50.7 Å². The van der Waals surface area contributed by atoms with Crippen LogP contribution in [0.4, 0.5) is 0 Å². The van der Waals surface area contributed by atoms with E-state index in [1.807, 2.05) is 24.3 Å². The Kier molecular flexibility index (Phi) is 4.31. The summed E-state index contributed by atoms with van der Waals surface area (Å²) >= 11 is 0. The van der Waals surface area contributed by atoms with E-state index in [4.69, 9.17) is 5.73 Å². The lowest BCUT2D eigenvalue weighted by Gasteiger charge is -2.11. The molecule has 0 aliphatic carbocycles. The molecule has 20 heavy (non-hydrogen) atoms. The third kappa shape index (κ3) is 2.77. The van der Waals surface area contributed by atoms with Crippen molar-refractivity contribution in [3.8, 4) is 11.1 Å². The number of hydrogen-bond donors (Lipinski definition) is 1. The summed E-state index contributed by atoms with van der Waals surface area (Å²) in [4.78, 5) is 0. The molecule has 0 spiro atoms. The molecule has 3 nitrogen and oxygen atoms in total. The Hall–Kier alpha value is -2.42. The molecule has 2 rings (SSSR count). The Morgan fingerprint density at radius 1 is 1.20 bits per heavy atom. The van der Waals surface area contributed by atoms with Gasteiger partial charge >= 0.3 is 0 Å². The highest BCUT2D eigenvalue weighted by Gasteiger charge is 2.09. The van der Waals surface area contributed by atoms with Crippen molar-refractivity contribution in [1.29, 1.82) is 0 Å². The van der Waals surface area contributed by atoms with Gasteiger partial charge in [-0.25, -0.2) is 0 Å². The fourth-order valence-corrected chi connectivity index (χ4v) is 2.31. The maximum Gasteiger partial charge on any atom is 0.153 e. The lowest BCUT2D eigenvalue weighted by molar-refractivity contribution is 1.11. The zero-order valence-corrected chi connectivity index (χ0v) is 11.9. The first-order valence-electron chi connectivity index (χ1n) is 6.65. The molecule has 0 bridgehead atoms. The van der Waals surface area contributed by atoms with Crippen molar-refractivity contribution in [3.63, 3.8) is 0 Å². The first-order chi connectivity index (χ1) is 9.67. The summed E-state index contributed by atoms with van der Waals surface area (Å²) in [6.07, 6.45) is 1.01. The third-order valence-corrected chi connectivity index (χ3v) is 3.42. The molecule has 0 radical (unpaired) electrons. The van der Waals surface area contributed by atoms with Gasteiger partial charge in [-0.2, -0.15) is 5.10 Å². The highest BCUT2D eigenvalue weighted by Crippen LogP contribution is 2.26. The molecule has 0 fully saturated rings. The summed E-state index contributed by atoms with van der Waals surface area (Å²) in [6.45, 7) is 7.64.